The minimum Gasteiger partial charge on any atom is -0.341 e. The molecule has 9 heteroatoms. The van der Waals surface area contributed by atoms with Gasteiger partial charge in [0.15, 0.2) is 0 Å². The molecule has 2 aromatic carbocycles. The summed E-state index contributed by atoms with van der Waals surface area (Å²) in [5.74, 6) is -0.910. The highest BCUT2D eigenvalue weighted by molar-refractivity contribution is 7.18. The van der Waals surface area contributed by atoms with Gasteiger partial charge in [-0.25, -0.2) is 14.2 Å². The van der Waals surface area contributed by atoms with Crippen molar-refractivity contribution in [2.24, 2.45) is 0 Å². The Kier molecular flexibility index (Phi) is 5.36. The number of likely N-dealkylation sites (tertiary alicyclic amines) is 1. The Morgan fingerprint density at radius 3 is 2.55 bits per heavy atom. The Labute approximate surface area is 194 Å². The highest BCUT2D eigenvalue weighted by Gasteiger charge is 2.49. The van der Waals surface area contributed by atoms with E-state index in [1.165, 1.54) is 24.3 Å². The predicted molar refractivity (Wildman–Crippen MR) is 122 cm³/mol. The van der Waals surface area contributed by atoms with Crippen LogP contribution in [-0.4, -0.2) is 52.3 Å². The summed E-state index contributed by atoms with van der Waals surface area (Å²) < 4.78 is 14.4. The molecule has 0 unspecified atom stereocenters. The number of halogens is 1. The number of nitrogens with one attached hydrogen (secondary N) is 1. The summed E-state index contributed by atoms with van der Waals surface area (Å²) in [4.78, 5) is 45.9. The number of benzene rings is 2. The molecule has 0 bridgehead atoms. The Morgan fingerprint density at radius 1 is 1.15 bits per heavy atom. The number of hydrogen-bond donors (Lipinski definition) is 1. The third kappa shape index (κ3) is 3.86. The van der Waals surface area contributed by atoms with Crippen molar-refractivity contribution in [2.75, 3.05) is 19.6 Å². The van der Waals surface area contributed by atoms with E-state index in [1.807, 2.05) is 18.2 Å². The van der Waals surface area contributed by atoms with Gasteiger partial charge in [0.1, 0.15) is 17.9 Å². The van der Waals surface area contributed by atoms with Gasteiger partial charge >= 0.3 is 6.03 Å². The highest BCUT2D eigenvalue weighted by atomic mass is 32.1. The molecular weight excluding hydrogens is 443 g/mol. The first-order valence-electron chi connectivity index (χ1n) is 10.9. The van der Waals surface area contributed by atoms with Gasteiger partial charge in [-0.3, -0.25) is 14.5 Å². The highest BCUT2D eigenvalue weighted by Crippen LogP contribution is 2.34. The number of carbonyl (C=O) groups is 3. The zero-order valence-corrected chi connectivity index (χ0v) is 18.9. The summed E-state index contributed by atoms with van der Waals surface area (Å²) in [6.07, 6.45) is 1.58. The topological polar surface area (TPSA) is 82.6 Å². The SMILES string of the molecule is C[C@@]1(c2ccc(F)cc2)NC(=O)N(CC(=O)N2CCC(c3nc4ccccc4s3)CC2)C1=O. The molecule has 1 N–H and O–H groups in total. The molecule has 5 rings (SSSR count). The second kappa shape index (κ2) is 8.22. The molecule has 4 amide bonds. The van der Waals surface area contributed by atoms with Crippen LogP contribution in [0.25, 0.3) is 10.2 Å². The number of imide groups is 1. The Hall–Kier alpha value is -3.33. The first kappa shape index (κ1) is 21.5. The van der Waals surface area contributed by atoms with E-state index in [9.17, 15) is 18.8 Å². The van der Waals surface area contributed by atoms with Crippen molar-refractivity contribution in [2.45, 2.75) is 31.2 Å². The minimum absolute atomic E-state index is 0.260. The molecule has 2 saturated heterocycles. The lowest BCUT2D eigenvalue weighted by Crippen LogP contribution is -2.46. The van der Waals surface area contributed by atoms with E-state index in [-0.39, 0.29) is 12.5 Å². The maximum absolute atomic E-state index is 13.3. The molecule has 33 heavy (non-hydrogen) atoms. The van der Waals surface area contributed by atoms with Crippen molar-refractivity contribution in [3.8, 4) is 0 Å². The molecule has 170 valence electrons. The number of aromatic nitrogens is 1. The third-order valence-corrected chi connectivity index (χ3v) is 7.70. The minimum atomic E-state index is -1.33. The molecule has 2 aliphatic rings. The quantitative estimate of drug-likeness (QED) is 0.596. The van der Waals surface area contributed by atoms with Crippen LogP contribution in [0.3, 0.4) is 0 Å². The van der Waals surface area contributed by atoms with Gasteiger partial charge in [-0.15, -0.1) is 11.3 Å². The maximum Gasteiger partial charge on any atom is 0.325 e. The van der Waals surface area contributed by atoms with E-state index in [1.54, 1.807) is 23.2 Å². The molecular formula is C24H23FN4O3S. The molecule has 0 saturated carbocycles. The lowest BCUT2D eigenvalue weighted by Gasteiger charge is -2.32. The molecule has 1 aromatic heterocycles. The van der Waals surface area contributed by atoms with Gasteiger partial charge in [-0.05, 0) is 49.6 Å². The van der Waals surface area contributed by atoms with Crippen LogP contribution in [0.1, 0.15) is 36.3 Å². The fraction of sp³-hybridized carbons (Fsp3) is 0.333. The molecule has 3 heterocycles. The number of hydrogen-bond acceptors (Lipinski definition) is 5. The molecule has 2 aliphatic heterocycles. The van der Waals surface area contributed by atoms with Crippen LogP contribution in [0, 0.1) is 5.82 Å². The number of fused-ring (bicyclic) bond motifs is 1. The summed E-state index contributed by atoms with van der Waals surface area (Å²) in [7, 11) is 0. The number of nitrogens with zero attached hydrogens (tertiary/aromatic N) is 3. The van der Waals surface area contributed by atoms with Crippen molar-refractivity contribution in [3.05, 3.63) is 64.9 Å². The number of urea groups is 1. The standard InChI is InChI=1S/C24H23FN4O3S/c1-24(16-6-8-17(25)9-7-16)22(31)29(23(32)27-24)14-20(30)28-12-10-15(11-13-28)21-26-18-4-2-3-5-19(18)33-21/h2-9,15H,10-14H2,1H3,(H,27,32)/t24-/m0/s1. The van der Waals surface area contributed by atoms with E-state index in [0.29, 0.717) is 24.6 Å². The average molecular weight is 467 g/mol. The second-order valence-corrected chi connectivity index (χ2v) is 9.69. The van der Waals surface area contributed by atoms with E-state index >= 15 is 0 Å². The largest absolute Gasteiger partial charge is 0.341 e. The van der Waals surface area contributed by atoms with Gasteiger partial charge in [0.05, 0.1) is 15.2 Å². The summed E-state index contributed by atoms with van der Waals surface area (Å²) in [6, 6.07) is 12.8. The first-order chi connectivity index (χ1) is 15.8. The number of thiazole rings is 1. The van der Waals surface area contributed by atoms with Gasteiger partial charge in [0.25, 0.3) is 5.91 Å². The van der Waals surface area contributed by atoms with Crippen molar-refractivity contribution in [3.63, 3.8) is 0 Å². The van der Waals surface area contributed by atoms with E-state index in [4.69, 9.17) is 4.98 Å². The molecule has 3 aromatic rings. The van der Waals surface area contributed by atoms with Gasteiger partial charge in [-0.1, -0.05) is 24.3 Å². The molecule has 0 aliphatic carbocycles. The number of para-hydroxylation sites is 1. The maximum atomic E-state index is 13.3. The number of carbonyl (C=O) groups excluding carboxylic acids is 3. The monoisotopic (exact) mass is 466 g/mol. The fourth-order valence-corrected chi connectivity index (χ4v) is 5.63. The van der Waals surface area contributed by atoms with Crippen LogP contribution in [0.4, 0.5) is 9.18 Å². The summed E-state index contributed by atoms with van der Waals surface area (Å²) in [5.41, 5.74) is 0.137. The molecule has 1 atom stereocenters. The van der Waals surface area contributed by atoms with Crippen molar-refractivity contribution in [1.82, 2.24) is 20.1 Å². The zero-order valence-electron chi connectivity index (χ0n) is 18.1. The number of amides is 4. The molecule has 0 radical (unpaired) electrons. The van der Waals surface area contributed by atoms with Crippen LogP contribution < -0.4 is 5.32 Å². The van der Waals surface area contributed by atoms with Crippen molar-refractivity contribution in [1.29, 1.82) is 0 Å². The van der Waals surface area contributed by atoms with Gasteiger partial charge in [0.2, 0.25) is 5.91 Å². The van der Waals surface area contributed by atoms with Gasteiger partial charge in [0, 0.05) is 19.0 Å². The molecule has 0 spiro atoms. The zero-order chi connectivity index (χ0) is 23.2. The van der Waals surface area contributed by atoms with Crippen LogP contribution in [-0.2, 0) is 15.1 Å². The lowest BCUT2D eigenvalue weighted by atomic mass is 9.92. The van der Waals surface area contributed by atoms with Crippen LogP contribution in [0.2, 0.25) is 0 Å². The first-order valence-corrected chi connectivity index (χ1v) is 11.7. The number of piperidine rings is 1. The Balaban J connectivity index is 1.22. The lowest BCUT2D eigenvalue weighted by molar-refractivity contribution is -0.139. The molecule has 2 fully saturated rings. The van der Waals surface area contributed by atoms with Crippen LogP contribution in [0.15, 0.2) is 48.5 Å². The van der Waals surface area contributed by atoms with E-state index in [2.05, 4.69) is 11.4 Å². The Bertz CT molecular complexity index is 1200. The van der Waals surface area contributed by atoms with Crippen molar-refractivity contribution >= 4 is 39.4 Å². The second-order valence-electron chi connectivity index (χ2n) is 8.63. The van der Waals surface area contributed by atoms with E-state index < -0.39 is 23.3 Å². The van der Waals surface area contributed by atoms with Crippen LogP contribution >= 0.6 is 11.3 Å². The normalized spacial score (nSPS) is 21.6. The predicted octanol–water partition coefficient (Wildman–Crippen LogP) is 3.61. The molecule has 7 nitrogen and oxygen atoms in total. The smallest absolute Gasteiger partial charge is 0.325 e. The van der Waals surface area contributed by atoms with Gasteiger partial charge in [-0.2, -0.15) is 0 Å². The summed E-state index contributed by atoms with van der Waals surface area (Å²) in [6.45, 7) is 2.36. The Morgan fingerprint density at radius 2 is 1.85 bits per heavy atom. The summed E-state index contributed by atoms with van der Waals surface area (Å²) >= 11 is 1.69. The van der Waals surface area contributed by atoms with Crippen molar-refractivity contribution < 1.29 is 18.8 Å². The van der Waals surface area contributed by atoms with Crippen LogP contribution in [0.5, 0.6) is 0 Å². The van der Waals surface area contributed by atoms with E-state index in [0.717, 1.165) is 33.0 Å². The average Bonchev–Trinajstić information content (AvgIpc) is 3.35. The third-order valence-electron chi connectivity index (χ3n) is 6.50. The number of rotatable bonds is 4. The van der Waals surface area contributed by atoms with Gasteiger partial charge < -0.3 is 10.2 Å². The summed E-state index contributed by atoms with van der Waals surface area (Å²) in [5, 5.41) is 3.74. The fourth-order valence-electron chi connectivity index (χ4n) is 4.50.